The number of carbonyl (C=O) groups excluding carboxylic acids is 1. The van der Waals surface area contributed by atoms with Gasteiger partial charge in [0.05, 0.1) is 16.8 Å². The van der Waals surface area contributed by atoms with E-state index in [1.54, 1.807) is 17.0 Å². The molecule has 2 aliphatic rings. The van der Waals surface area contributed by atoms with Crippen LogP contribution in [0.5, 0.6) is 5.75 Å². The second-order valence-corrected chi connectivity index (χ2v) is 8.91. The Hall–Kier alpha value is -2.38. The zero-order chi connectivity index (χ0) is 20.0. The molecule has 1 fully saturated rings. The van der Waals surface area contributed by atoms with E-state index in [1.807, 2.05) is 12.1 Å². The number of carbonyl (C=O) groups is 1. The zero-order valence-corrected chi connectivity index (χ0v) is 17.7. The first-order chi connectivity index (χ1) is 14.1. The average Bonchev–Trinajstić information content (AvgIpc) is 3.31. The zero-order valence-electron chi connectivity index (χ0n) is 16.1. The number of aromatic nitrogens is 2. The Morgan fingerprint density at radius 1 is 1.10 bits per heavy atom. The molecule has 0 radical (unpaired) electrons. The number of fused-ring (bicyclic) bond motifs is 2. The highest BCUT2D eigenvalue weighted by Crippen LogP contribution is 2.32. The summed E-state index contributed by atoms with van der Waals surface area (Å²) in [4.78, 5) is 17.4. The molecule has 29 heavy (non-hydrogen) atoms. The van der Waals surface area contributed by atoms with Crippen LogP contribution in [0, 0.1) is 0 Å². The summed E-state index contributed by atoms with van der Waals surface area (Å²) in [5.74, 6) is -0.158. The minimum Gasteiger partial charge on any atom is -0.507 e. The Bertz CT molecular complexity index is 1090. The van der Waals surface area contributed by atoms with Gasteiger partial charge in [-0.3, -0.25) is 14.8 Å². The molecule has 2 N–H and O–H groups in total. The van der Waals surface area contributed by atoms with Crippen molar-refractivity contribution in [1.29, 1.82) is 0 Å². The minimum absolute atomic E-state index is 0.00666. The first-order valence-corrected chi connectivity index (χ1v) is 10.9. The number of amides is 1. The van der Waals surface area contributed by atoms with Gasteiger partial charge in [-0.15, -0.1) is 0 Å². The summed E-state index contributed by atoms with van der Waals surface area (Å²) in [6.07, 6.45) is 3.73. The van der Waals surface area contributed by atoms with Gasteiger partial charge in [-0.25, -0.2) is 0 Å². The summed E-state index contributed by atoms with van der Waals surface area (Å²) in [6, 6.07) is 9.51. The standard InChI is InChI=1S/C22H23BrN4O2/c23-16-5-4-14-11-27(12-15(14)8-16)22(29)18-9-17-19(10-21(18)28)24-25-20(17)13-26-6-2-1-3-7-26/h4-5,8-10,28H,1-3,6-7,11-13H2,(H,24,25). The van der Waals surface area contributed by atoms with Gasteiger partial charge in [-0.05, 0) is 55.3 Å². The second kappa shape index (κ2) is 7.46. The van der Waals surface area contributed by atoms with Gasteiger partial charge in [-0.2, -0.15) is 5.10 Å². The van der Waals surface area contributed by atoms with Crippen molar-refractivity contribution >= 4 is 32.7 Å². The molecular formula is C22H23BrN4O2. The van der Waals surface area contributed by atoms with Crippen LogP contribution in [-0.2, 0) is 19.6 Å². The van der Waals surface area contributed by atoms with Crippen molar-refractivity contribution < 1.29 is 9.90 Å². The first-order valence-electron chi connectivity index (χ1n) is 10.1. The Labute approximate surface area is 177 Å². The molecule has 3 aromatic rings. The van der Waals surface area contributed by atoms with Crippen LogP contribution in [0.25, 0.3) is 10.9 Å². The van der Waals surface area contributed by atoms with Gasteiger partial charge in [0.2, 0.25) is 0 Å². The lowest BCUT2D eigenvalue weighted by Gasteiger charge is -2.25. The maximum atomic E-state index is 13.2. The lowest BCUT2D eigenvalue weighted by Crippen LogP contribution is -2.29. The fraction of sp³-hybridized carbons (Fsp3) is 0.364. The third-order valence-electron chi connectivity index (χ3n) is 5.99. The second-order valence-electron chi connectivity index (χ2n) is 8.00. The molecule has 7 heteroatoms. The van der Waals surface area contributed by atoms with Crippen molar-refractivity contribution in [2.75, 3.05) is 13.1 Å². The number of hydrogen-bond acceptors (Lipinski definition) is 4. The maximum absolute atomic E-state index is 13.2. The van der Waals surface area contributed by atoms with E-state index in [9.17, 15) is 9.90 Å². The molecule has 0 saturated carbocycles. The van der Waals surface area contributed by atoms with E-state index in [0.29, 0.717) is 18.7 Å². The normalized spacial score (nSPS) is 17.1. The number of nitrogens with zero attached hydrogens (tertiary/aromatic N) is 3. The van der Waals surface area contributed by atoms with Gasteiger partial charge >= 0.3 is 0 Å². The van der Waals surface area contributed by atoms with E-state index in [-0.39, 0.29) is 11.7 Å². The van der Waals surface area contributed by atoms with Crippen molar-refractivity contribution in [3.8, 4) is 5.75 Å². The van der Waals surface area contributed by atoms with Crippen LogP contribution in [0.3, 0.4) is 0 Å². The third-order valence-corrected chi connectivity index (χ3v) is 6.48. The quantitative estimate of drug-likeness (QED) is 0.622. The molecule has 2 aromatic carbocycles. The lowest BCUT2D eigenvalue weighted by molar-refractivity contribution is 0.0748. The molecule has 0 unspecified atom stereocenters. The number of hydrogen-bond donors (Lipinski definition) is 2. The van der Waals surface area contributed by atoms with Crippen molar-refractivity contribution in [1.82, 2.24) is 20.0 Å². The Morgan fingerprint density at radius 2 is 1.90 bits per heavy atom. The minimum atomic E-state index is -0.151. The van der Waals surface area contributed by atoms with Gasteiger partial charge in [-0.1, -0.05) is 28.4 Å². The van der Waals surface area contributed by atoms with Crippen LogP contribution in [-0.4, -0.2) is 44.1 Å². The molecule has 6 nitrogen and oxygen atoms in total. The van der Waals surface area contributed by atoms with Crippen LogP contribution >= 0.6 is 15.9 Å². The number of phenols is 1. The summed E-state index contributed by atoms with van der Waals surface area (Å²) in [5, 5.41) is 18.9. The average molecular weight is 455 g/mol. The van der Waals surface area contributed by atoms with Crippen molar-refractivity contribution in [3.05, 3.63) is 57.2 Å². The molecule has 0 spiro atoms. The van der Waals surface area contributed by atoms with E-state index >= 15 is 0 Å². The van der Waals surface area contributed by atoms with E-state index in [0.717, 1.165) is 51.8 Å². The number of rotatable bonds is 3. The van der Waals surface area contributed by atoms with Crippen LogP contribution < -0.4 is 0 Å². The molecule has 1 aromatic heterocycles. The number of halogens is 1. The third kappa shape index (κ3) is 3.53. The fourth-order valence-corrected chi connectivity index (χ4v) is 4.81. The monoisotopic (exact) mass is 454 g/mol. The molecular weight excluding hydrogens is 432 g/mol. The Morgan fingerprint density at radius 3 is 2.72 bits per heavy atom. The van der Waals surface area contributed by atoms with Crippen molar-refractivity contribution in [3.63, 3.8) is 0 Å². The van der Waals surface area contributed by atoms with Gasteiger partial charge in [0.15, 0.2) is 0 Å². The number of likely N-dealkylation sites (tertiary alicyclic amines) is 1. The van der Waals surface area contributed by atoms with Gasteiger partial charge < -0.3 is 10.0 Å². The molecule has 1 amide bonds. The first kappa shape index (κ1) is 18.6. The highest BCUT2D eigenvalue weighted by atomic mass is 79.9. The molecule has 3 heterocycles. The number of nitrogens with one attached hydrogen (secondary N) is 1. The van der Waals surface area contributed by atoms with Gasteiger partial charge in [0, 0.05) is 35.6 Å². The molecule has 0 atom stereocenters. The predicted octanol–water partition coefficient (Wildman–Crippen LogP) is 4.17. The molecule has 150 valence electrons. The van der Waals surface area contributed by atoms with Crippen LogP contribution in [0.4, 0.5) is 0 Å². The topological polar surface area (TPSA) is 72.5 Å². The number of aromatic amines is 1. The van der Waals surface area contributed by atoms with Crippen molar-refractivity contribution in [2.24, 2.45) is 0 Å². The van der Waals surface area contributed by atoms with E-state index in [2.05, 4.69) is 37.1 Å². The number of phenolic OH excluding ortho intramolecular Hbond substituents is 1. The van der Waals surface area contributed by atoms with Gasteiger partial charge in [0.1, 0.15) is 5.75 Å². The largest absolute Gasteiger partial charge is 0.507 e. The predicted molar refractivity (Wildman–Crippen MR) is 115 cm³/mol. The fourth-order valence-electron chi connectivity index (χ4n) is 4.41. The van der Waals surface area contributed by atoms with Crippen LogP contribution in [0.2, 0.25) is 0 Å². The Balaban J connectivity index is 1.43. The van der Waals surface area contributed by atoms with E-state index in [1.165, 1.54) is 19.3 Å². The number of H-pyrrole nitrogens is 1. The van der Waals surface area contributed by atoms with Crippen LogP contribution in [0.1, 0.15) is 46.4 Å². The summed E-state index contributed by atoms with van der Waals surface area (Å²) < 4.78 is 1.01. The number of aromatic hydroxyl groups is 1. The van der Waals surface area contributed by atoms with Crippen LogP contribution in [0.15, 0.2) is 34.8 Å². The summed E-state index contributed by atoms with van der Waals surface area (Å²) in [5.41, 5.74) is 4.33. The highest BCUT2D eigenvalue weighted by molar-refractivity contribution is 9.10. The van der Waals surface area contributed by atoms with Crippen molar-refractivity contribution in [2.45, 2.75) is 38.9 Å². The smallest absolute Gasteiger partial charge is 0.258 e. The number of piperidine rings is 1. The molecule has 5 rings (SSSR count). The molecule has 0 aliphatic carbocycles. The van der Waals surface area contributed by atoms with E-state index in [4.69, 9.17) is 0 Å². The highest BCUT2D eigenvalue weighted by Gasteiger charge is 2.27. The molecule has 2 aliphatic heterocycles. The molecule has 0 bridgehead atoms. The molecule has 1 saturated heterocycles. The summed E-state index contributed by atoms with van der Waals surface area (Å²) in [6.45, 7) is 4.04. The Kier molecular flexibility index (Phi) is 4.80. The lowest BCUT2D eigenvalue weighted by atomic mass is 10.1. The SMILES string of the molecule is O=C(c1cc2c(CN3CCCCC3)n[nH]c2cc1O)N1Cc2ccc(Br)cc2C1. The van der Waals surface area contributed by atoms with E-state index < -0.39 is 0 Å². The maximum Gasteiger partial charge on any atom is 0.258 e. The number of benzene rings is 2. The summed E-state index contributed by atoms with van der Waals surface area (Å²) >= 11 is 3.49. The summed E-state index contributed by atoms with van der Waals surface area (Å²) in [7, 11) is 0. The van der Waals surface area contributed by atoms with Gasteiger partial charge in [0.25, 0.3) is 5.91 Å².